The van der Waals surface area contributed by atoms with E-state index in [9.17, 15) is 4.79 Å². The van der Waals surface area contributed by atoms with Crippen LogP contribution in [0.15, 0.2) is 18.2 Å². The smallest absolute Gasteiger partial charge is 0.226 e. The summed E-state index contributed by atoms with van der Waals surface area (Å²) in [6.07, 6.45) is 1.37. The summed E-state index contributed by atoms with van der Waals surface area (Å²) in [6.45, 7) is 4.48. The Balaban J connectivity index is 1.65. The molecule has 7 nitrogen and oxygen atoms in total. The van der Waals surface area contributed by atoms with Gasteiger partial charge in [0.2, 0.25) is 5.91 Å². The summed E-state index contributed by atoms with van der Waals surface area (Å²) < 4.78 is 8.12. The van der Waals surface area contributed by atoms with Gasteiger partial charge >= 0.3 is 0 Å². The summed E-state index contributed by atoms with van der Waals surface area (Å²) in [4.78, 5) is 16.8. The summed E-state index contributed by atoms with van der Waals surface area (Å²) in [5.74, 6) is 0.608. The number of rotatable bonds is 7. The van der Waals surface area contributed by atoms with Gasteiger partial charge in [0, 0.05) is 12.1 Å². The third kappa shape index (κ3) is 4.09. The van der Waals surface area contributed by atoms with Gasteiger partial charge in [0.15, 0.2) is 5.13 Å². The molecule has 0 spiro atoms. The third-order valence-electron chi connectivity index (χ3n) is 4.42. The van der Waals surface area contributed by atoms with Gasteiger partial charge in [-0.1, -0.05) is 17.4 Å². The number of nitrogens with zero attached hydrogens (tertiary/aromatic N) is 4. The number of thiazole rings is 1. The maximum absolute atomic E-state index is 12.4. The van der Waals surface area contributed by atoms with Crippen molar-refractivity contribution in [2.24, 2.45) is 0 Å². The number of ether oxygens (including phenoxy) is 1. The van der Waals surface area contributed by atoms with Crippen LogP contribution in [0.2, 0.25) is 0 Å². The number of carbonyl (C=O) groups excluding carboxylic acids is 1. The molecule has 140 valence electrons. The van der Waals surface area contributed by atoms with Gasteiger partial charge in [-0.25, -0.2) is 4.98 Å². The van der Waals surface area contributed by atoms with E-state index in [0.29, 0.717) is 36.7 Å². The van der Waals surface area contributed by atoms with Crippen LogP contribution >= 0.6 is 11.3 Å². The quantitative estimate of drug-likeness (QED) is 0.673. The van der Waals surface area contributed by atoms with Crippen molar-refractivity contribution in [3.05, 3.63) is 35.2 Å². The number of aryl methyl sites for hydroxylation is 2. The van der Waals surface area contributed by atoms with Crippen LogP contribution in [-0.2, 0) is 17.8 Å². The van der Waals surface area contributed by atoms with E-state index in [2.05, 4.69) is 21.5 Å². The van der Waals surface area contributed by atoms with Crippen molar-refractivity contribution in [2.75, 3.05) is 12.4 Å². The number of methoxy groups -OCH3 is 1. The predicted octanol–water partition coefficient (Wildman–Crippen LogP) is 3.60. The van der Waals surface area contributed by atoms with Crippen LogP contribution in [0, 0.1) is 25.2 Å². The summed E-state index contributed by atoms with van der Waals surface area (Å²) in [7, 11) is 1.60. The zero-order valence-electron chi connectivity index (χ0n) is 15.6. The molecular weight excluding hydrogens is 362 g/mol. The Kier molecular flexibility index (Phi) is 5.72. The zero-order valence-corrected chi connectivity index (χ0v) is 16.4. The molecule has 0 unspecified atom stereocenters. The highest BCUT2D eigenvalue weighted by molar-refractivity contribution is 7.22. The molecule has 8 heteroatoms. The first-order valence-electron chi connectivity index (χ1n) is 8.66. The first-order valence-corrected chi connectivity index (χ1v) is 9.48. The van der Waals surface area contributed by atoms with Crippen molar-refractivity contribution in [2.45, 2.75) is 39.7 Å². The number of hydrogen-bond donors (Lipinski definition) is 1. The van der Waals surface area contributed by atoms with Crippen molar-refractivity contribution in [3.8, 4) is 11.8 Å². The van der Waals surface area contributed by atoms with Crippen molar-refractivity contribution in [1.29, 1.82) is 5.26 Å². The second-order valence-electron chi connectivity index (χ2n) is 6.15. The molecule has 27 heavy (non-hydrogen) atoms. The Morgan fingerprint density at radius 1 is 1.41 bits per heavy atom. The average molecular weight is 383 g/mol. The Labute approximate surface area is 161 Å². The van der Waals surface area contributed by atoms with Crippen LogP contribution in [0.5, 0.6) is 5.75 Å². The van der Waals surface area contributed by atoms with E-state index in [4.69, 9.17) is 10.00 Å². The minimum atomic E-state index is -0.0865. The van der Waals surface area contributed by atoms with Crippen LogP contribution < -0.4 is 10.1 Å². The van der Waals surface area contributed by atoms with E-state index < -0.39 is 0 Å². The van der Waals surface area contributed by atoms with Crippen molar-refractivity contribution in [1.82, 2.24) is 14.8 Å². The molecule has 0 radical (unpaired) electrons. The first kappa shape index (κ1) is 18.9. The number of nitriles is 1. The Morgan fingerprint density at radius 2 is 2.22 bits per heavy atom. The topological polar surface area (TPSA) is 92.8 Å². The number of carbonyl (C=O) groups is 1. The molecule has 3 rings (SSSR count). The van der Waals surface area contributed by atoms with Gasteiger partial charge in [0.05, 0.1) is 36.5 Å². The standard InChI is InChI=1S/C19H21N5O2S/c1-12-14(13(2)24(23-12)11-5-10-20)8-9-17(25)21-19-22-18-15(26-3)6-4-7-16(18)27-19/h4,6-7H,5,8-9,11H2,1-3H3,(H,21,22,25). The number of para-hydroxylation sites is 1. The zero-order chi connectivity index (χ0) is 19.4. The number of nitrogens with one attached hydrogen (secondary N) is 1. The van der Waals surface area contributed by atoms with E-state index in [-0.39, 0.29) is 5.91 Å². The molecule has 0 aliphatic heterocycles. The van der Waals surface area contributed by atoms with Crippen molar-refractivity contribution < 1.29 is 9.53 Å². The minimum absolute atomic E-state index is 0.0865. The number of anilines is 1. The van der Waals surface area contributed by atoms with Crippen LogP contribution in [0.4, 0.5) is 5.13 Å². The van der Waals surface area contributed by atoms with Gasteiger partial charge in [0.25, 0.3) is 0 Å². The third-order valence-corrected chi connectivity index (χ3v) is 5.35. The largest absolute Gasteiger partial charge is 0.494 e. The Hall–Kier alpha value is -2.92. The monoisotopic (exact) mass is 383 g/mol. The highest BCUT2D eigenvalue weighted by atomic mass is 32.1. The van der Waals surface area contributed by atoms with E-state index in [1.54, 1.807) is 7.11 Å². The number of fused-ring (bicyclic) bond motifs is 1. The van der Waals surface area contributed by atoms with E-state index >= 15 is 0 Å². The normalized spacial score (nSPS) is 10.7. The lowest BCUT2D eigenvalue weighted by Gasteiger charge is -2.04. The molecule has 2 aromatic heterocycles. The van der Waals surface area contributed by atoms with Gasteiger partial charge in [-0.15, -0.1) is 0 Å². The second-order valence-corrected chi connectivity index (χ2v) is 7.19. The fourth-order valence-corrected chi connectivity index (χ4v) is 3.93. The minimum Gasteiger partial charge on any atom is -0.494 e. The lowest BCUT2D eigenvalue weighted by molar-refractivity contribution is -0.116. The number of benzene rings is 1. The molecule has 1 N–H and O–H groups in total. The molecular formula is C19H21N5O2S. The lowest BCUT2D eigenvalue weighted by atomic mass is 10.1. The van der Waals surface area contributed by atoms with Gasteiger partial charge in [-0.2, -0.15) is 10.4 Å². The lowest BCUT2D eigenvalue weighted by Crippen LogP contribution is -2.12. The fourth-order valence-electron chi connectivity index (χ4n) is 3.03. The molecule has 0 saturated carbocycles. The van der Waals surface area contributed by atoms with Gasteiger partial charge < -0.3 is 10.1 Å². The number of amides is 1. The van der Waals surface area contributed by atoms with Crippen molar-refractivity contribution in [3.63, 3.8) is 0 Å². The molecule has 3 aromatic rings. The van der Waals surface area contributed by atoms with Crippen molar-refractivity contribution >= 4 is 32.6 Å². The molecule has 0 saturated heterocycles. The van der Waals surface area contributed by atoms with Crippen LogP contribution in [0.25, 0.3) is 10.2 Å². The van der Waals surface area contributed by atoms with E-state index in [1.165, 1.54) is 11.3 Å². The molecule has 0 aliphatic rings. The molecule has 0 aliphatic carbocycles. The molecule has 0 fully saturated rings. The Bertz CT molecular complexity index is 1020. The van der Waals surface area contributed by atoms with Crippen LogP contribution in [0.3, 0.4) is 0 Å². The highest BCUT2D eigenvalue weighted by Gasteiger charge is 2.15. The first-order chi connectivity index (χ1) is 13.0. The summed E-state index contributed by atoms with van der Waals surface area (Å²) in [6, 6.07) is 7.83. The SMILES string of the molecule is COc1cccc2sc(NC(=O)CCc3c(C)nn(CCC#N)c3C)nc12. The molecule has 0 atom stereocenters. The molecule has 1 aromatic carbocycles. The molecule has 1 amide bonds. The molecule has 0 bridgehead atoms. The second kappa shape index (κ2) is 8.18. The molecule has 2 heterocycles. The maximum Gasteiger partial charge on any atom is 0.226 e. The highest BCUT2D eigenvalue weighted by Crippen LogP contribution is 2.32. The average Bonchev–Trinajstić information content (AvgIpc) is 3.18. The summed E-state index contributed by atoms with van der Waals surface area (Å²) >= 11 is 1.43. The van der Waals surface area contributed by atoms with Crippen LogP contribution in [-0.4, -0.2) is 27.8 Å². The van der Waals surface area contributed by atoms with Gasteiger partial charge in [-0.05, 0) is 38.0 Å². The van der Waals surface area contributed by atoms with Gasteiger partial charge in [-0.3, -0.25) is 9.48 Å². The number of hydrogen-bond acceptors (Lipinski definition) is 6. The van der Waals surface area contributed by atoms with Gasteiger partial charge in [0.1, 0.15) is 11.3 Å². The maximum atomic E-state index is 12.4. The predicted molar refractivity (Wildman–Crippen MR) is 105 cm³/mol. The summed E-state index contributed by atoms with van der Waals surface area (Å²) in [5.41, 5.74) is 3.74. The van der Waals surface area contributed by atoms with E-state index in [0.717, 1.165) is 27.2 Å². The number of aromatic nitrogens is 3. The van der Waals surface area contributed by atoms with Crippen LogP contribution in [0.1, 0.15) is 29.8 Å². The Morgan fingerprint density at radius 3 is 2.96 bits per heavy atom. The van der Waals surface area contributed by atoms with E-state index in [1.807, 2.05) is 36.7 Å². The fraction of sp³-hybridized carbons (Fsp3) is 0.368. The summed E-state index contributed by atoms with van der Waals surface area (Å²) in [5, 5.41) is 16.6.